The van der Waals surface area contributed by atoms with E-state index in [1.807, 2.05) is 0 Å². The Bertz CT molecular complexity index is 142. The molecule has 0 amide bonds. The van der Waals surface area contributed by atoms with Gasteiger partial charge in [0.1, 0.15) is 0 Å². The first kappa shape index (κ1) is 12.0. The van der Waals surface area contributed by atoms with E-state index in [1.54, 1.807) is 0 Å². The summed E-state index contributed by atoms with van der Waals surface area (Å²) in [5, 5.41) is 0. The number of nitrogens with zero attached hydrogens (tertiary/aromatic N) is 1. The Kier molecular flexibility index (Phi) is 5.45. The van der Waals surface area contributed by atoms with Crippen molar-refractivity contribution in [1.29, 1.82) is 0 Å². The predicted molar refractivity (Wildman–Crippen MR) is 59.3 cm³/mol. The third-order valence-electron chi connectivity index (χ3n) is 3.17. The molecule has 1 saturated heterocycles. The smallest absolute Gasteiger partial charge is 0.0506 e. The molecule has 0 aliphatic carbocycles. The van der Waals surface area contributed by atoms with Crippen LogP contribution in [0.4, 0.5) is 0 Å². The van der Waals surface area contributed by atoms with Crippen LogP contribution in [0.25, 0.3) is 0 Å². The maximum atomic E-state index is 5.72. The summed E-state index contributed by atoms with van der Waals surface area (Å²) >= 11 is 0. The van der Waals surface area contributed by atoms with Crippen molar-refractivity contribution in [2.75, 3.05) is 33.4 Å². The van der Waals surface area contributed by atoms with Crippen LogP contribution in [-0.2, 0) is 4.74 Å². The molecule has 2 N–H and O–H groups in total. The molecule has 0 aromatic heterocycles. The summed E-state index contributed by atoms with van der Waals surface area (Å²) < 4.78 is 5.47. The Morgan fingerprint density at radius 2 is 2.36 bits per heavy atom. The highest BCUT2D eigenvalue weighted by Gasteiger charge is 2.18. The van der Waals surface area contributed by atoms with Gasteiger partial charge < -0.3 is 15.4 Å². The second-order valence-corrected chi connectivity index (χ2v) is 4.32. The van der Waals surface area contributed by atoms with Gasteiger partial charge in [-0.2, -0.15) is 0 Å². The van der Waals surface area contributed by atoms with E-state index in [4.69, 9.17) is 10.5 Å². The van der Waals surface area contributed by atoms with Gasteiger partial charge in [-0.1, -0.05) is 6.92 Å². The molecule has 1 rings (SSSR count). The number of likely N-dealkylation sites (N-methyl/N-ethyl adjacent to an activating group) is 1. The predicted octanol–water partition coefficient (Wildman–Crippen LogP) is 1.08. The summed E-state index contributed by atoms with van der Waals surface area (Å²) in [7, 11) is 2.18. The molecular formula is C11H24N2O. The lowest BCUT2D eigenvalue weighted by molar-refractivity contribution is 0.0364. The number of ether oxygens (including phenoxy) is 1. The third-order valence-corrected chi connectivity index (χ3v) is 3.17. The SMILES string of the molecule is CCC(CN)N(C)CC1CCCOC1. The molecule has 0 saturated carbocycles. The van der Waals surface area contributed by atoms with Gasteiger partial charge in [-0.25, -0.2) is 0 Å². The molecule has 3 nitrogen and oxygen atoms in total. The van der Waals surface area contributed by atoms with Crippen molar-refractivity contribution in [1.82, 2.24) is 4.90 Å². The summed E-state index contributed by atoms with van der Waals surface area (Å²) in [6.45, 7) is 5.99. The molecule has 1 heterocycles. The monoisotopic (exact) mass is 200 g/mol. The molecule has 1 aliphatic heterocycles. The highest BCUT2D eigenvalue weighted by molar-refractivity contribution is 4.73. The quantitative estimate of drug-likeness (QED) is 0.722. The van der Waals surface area contributed by atoms with Crippen molar-refractivity contribution < 1.29 is 4.74 Å². The molecule has 0 aromatic carbocycles. The summed E-state index contributed by atoms with van der Waals surface area (Å²) in [6.07, 6.45) is 3.67. The molecular weight excluding hydrogens is 176 g/mol. The van der Waals surface area contributed by atoms with Crippen molar-refractivity contribution in [3.8, 4) is 0 Å². The molecule has 0 spiro atoms. The number of hydrogen-bond acceptors (Lipinski definition) is 3. The average Bonchev–Trinajstić information content (AvgIpc) is 2.21. The van der Waals surface area contributed by atoms with E-state index in [0.717, 1.165) is 32.7 Å². The highest BCUT2D eigenvalue weighted by Crippen LogP contribution is 2.15. The first-order valence-electron chi connectivity index (χ1n) is 5.76. The van der Waals surface area contributed by atoms with E-state index < -0.39 is 0 Å². The number of hydrogen-bond donors (Lipinski definition) is 1. The van der Waals surface area contributed by atoms with Crippen LogP contribution in [0.5, 0.6) is 0 Å². The zero-order valence-electron chi connectivity index (χ0n) is 9.54. The number of nitrogens with two attached hydrogens (primary N) is 1. The van der Waals surface area contributed by atoms with Crippen LogP contribution in [0.15, 0.2) is 0 Å². The molecule has 0 aromatic rings. The Morgan fingerprint density at radius 1 is 1.57 bits per heavy atom. The minimum atomic E-state index is 0.539. The minimum Gasteiger partial charge on any atom is -0.381 e. The average molecular weight is 200 g/mol. The second-order valence-electron chi connectivity index (χ2n) is 4.32. The van der Waals surface area contributed by atoms with Crippen LogP contribution >= 0.6 is 0 Å². The van der Waals surface area contributed by atoms with Crippen molar-refractivity contribution >= 4 is 0 Å². The Hall–Kier alpha value is -0.120. The Labute approximate surface area is 87.6 Å². The lowest BCUT2D eigenvalue weighted by atomic mass is 10.0. The van der Waals surface area contributed by atoms with E-state index in [9.17, 15) is 0 Å². The fourth-order valence-corrected chi connectivity index (χ4v) is 2.17. The summed E-state index contributed by atoms with van der Waals surface area (Å²) in [6, 6.07) is 0.539. The van der Waals surface area contributed by atoms with Crippen molar-refractivity contribution in [3.63, 3.8) is 0 Å². The van der Waals surface area contributed by atoms with E-state index >= 15 is 0 Å². The lowest BCUT2D eigenvalue weighted by Crippen LogP contribution is -2.41. The van der Waals surface area contributed by atoms with Crippen LogP contribution in [0, 0.1) is 5.92 Å². The van der Waals surface area contributed by atoms with Crippen LogP contribution in [0.1, 0.15) is 26.2 Å². The fourth-order valence-electron chi connectivity index (χ4n) is 2.17. The normalized spacial score (nSPS) is 25.3. The first-order valence-corrected chi connectivity index (χ1v) is 5.76. The molecule has 3 heteroatoms. The van der Waals surface area contributed by atoms with Crippen LogP contribution < -0.4 is 5.73 Å². The van der Waals surface area contributed by atoms with Crippen LogP contribution in [0.2, 0.25) is 0 Å². The summed E-state index contributed by atoms with van der Waals surface area (Å²) in [5.41, 5.74) is 5.72. The van der Waals surface area contributed by atoms with Crippen molar-refractivity contribution in [2.45, 2.75) is 32.2 Å². The second kappa shape index (κ2) is 6.38. The third kappa shape index (κ3) is 3.56. The van der Waals surface area contributed by atoms with Gasteiger partial charge in [0.2, 0.25) is 0 Å². The zero-order chi connectivity index (χ0) is 10.4. The van der Waals surface area contributed by atoms with Crippen molar-refractivity contribution in [3.05, 3.63) is 0 Å². The first-order chi connectivity index (χ1) is 6.77. The maximum Gasteiger partial charge on any atom is 0.0506 e. The van der Waals surface area contributed by atoms with Crippen LogP contribution in [-0.4, -0.2) is 44.3 Å². The molecule has 1 aliphatic rings. The Balaban J connectivity index is 2.26. The van der Waals surface area contributed by atoms with Gasteiger partial charge >= 0.3 is 0 Å². The molecule has 0 bridgehead atoms. The fraction of sp³-hybridized carbons (Fsp3) is 1.00. The van der Waals surface area contributed by atoms with Crippen molar-refractivity contribution in [2.24, 2.45) is 11.7 Å². The standard InChI is InChI=1S/C11H24N2O/c1-3-11(7-12)13(2)8-10-5-4-6-14-9-10/h10-11H,3-9,12H2,1-2H3. The zero-order valence-corrected chi connectivity index (χ0v) is 9.54. The maximum absolute atomic E-state index is 5.72. The molecule has 1 fully saturated rings. The van der Waals surface area contributed by atoms with E-state index in [1.165, 1.54) is 12.8 Å². The van der Waals surface area contributed by atoms with E-state index in [2.05, 4.69) is 18.9 Å². The van der Waals surface area contributed by atoms with Gasteiger partial charge in [0, 0.05) is 25.7 Å². The molecule has 14 heavy (non-hydrogen) atoms. The molecule has 2 unspecified atom stereocenters. The van der Waals surface area contributed by atoms with Crippen LogP contribution in [0.3, 0.4) is 0 Å². The highest BCUT2D eigenvalue weighted by atomic mass is 16.5. The summed E-state index contributed by atoms with van der Waals surface area (Å²) in [4.78, 5) is 2.39. The minimum absolute atomic E-state index is 0.539. The summed E-state index contributed by atoms with van der Waals surface area (Å²) in [5.74, 6) is 0.717. The van der Waals surface area contributed by atoms with Gasteiger partial charge in [0.15, 0.2) is 0 Å². The van der Waals surface area contributed by atoms with Gasteiger partial charge in [0.25, 0.3) is 0 Å². The van der Waals surface area contributed by atoms with Gasteiger partial charge in [-0.15, -0.1) is 0 Å². The van der Waals surface area contributed by atoms with Gasteiger partial charge in [-0.3, -0.25) is 0 Å². The van der Waals surface area contributed by atoms with E-state index in [-0.39, 0.29) is 0 Å². The van der Waals surface area contributed by atoms with Gasteiger partial charge in [-0.05, 0) is 32.2 Å². The number of rotatable bonds is 5. The molecule has 0 radical (unpaired) electrons. The Morgan fingerprint density at radius 3 is 2.86 bits per heavy atom. The molecule has 84 valence electrons. The van der Waals surface area contributed by atoms with Gasteiger partial charge in [0.05, 0.1) is 6.61 Å². The lowest BCUT2D eigenvalue weighted by Gasteiger charge is -2.31. The topological polar surface area (TPSA) is 38.5 Å². The molecule has 2 atom stereocenters. The largest absolute Gasteiger partial charge is 0.381 e. The van der Waals surface area contributed by atoms with E-state index in [0.29, 0.717) is 12.0 Å².